The standard InChI is InChI=1S/C14H22N2O2/c1-10(2)11(3)14(17)16-12-5-4-6-13(9-12)18-8-7-15/h4-6,9-11H,7-8,15H2,1-3H3,(H,16,17). The summed E-state index contributed by atoms with van der Waals surface area (Å²) in [4.78, 5) is 11.9. The molecule has 100 valence electrons. The van der Waals surface area contributed by atoms with Crippen molar-refractivity contribution in [3.8, 4) is 5.75 Å². The van der Waals surface area contributed by atoms with Gasteiger partial charge in [0.15, 0.2) is 0 Å². The van der Waals surface area contributed by atoms with E-state index in [2.05, 4.69) is 5.32 Å². The fourth-order valence-electron chi connectivity index (χ4n) is 1.40. The number of hydrogen-bond donors (Lipinski definition) is 2. The number of rotatable bonds is 6. The summed E-state index contributed by atoms with van der Waals surface area (Å²) < 4.78 is 5.41. The molecule has 1 aromatic rings. The Morgan fingerprint density at radius 1 is 1.39 bits per heavy atom. The number of ether oxygens (including phenoxy) is 1. The monoisotopic (exact) mass is 250 g/mol. The van der Waals surface area contributed by atoms with E-state index in [0.717, 1.165) is 11.4 Å². The van der Waals surface area contributed by atoms with Crippen LogP contribution < -0.4 is 15.8 Å². The van der Waals surface area contributed by atoms with Crippen LogP contribution in [0.3, 0.4) is 0 Å². The van der Waals surface area contributed by atoms with E-state index in [-0.39, 0.29) is 11.8 Å². The largest absolute Gasteiger partial charge is 0.492 e. The maximum Gasteiger partial charge on any atom is 0.227 e. The summed E-state index contributed by atoms with van der Waals surface area (Å²) in [6.45, 7) is 6.94. The quantitative estimate of drug-likeness (QED) is 0.814. The first-order chi connectivity index (χ1) is 8.54. The maximum absolute atomic E-state index is 11.9. The van der Waals surface area contributed by atoms with Gasteiger partial charge in [0.25, 0.3) is 0 Å². The highest BCUT2D eigenvalue weighted by atomic mass is 16.5. The van der Waals surface area contributed by atoms with E-state index in [9.17, 15) is 4.79 Å². The van der Waals surface area contributed by atoms with Crippen LogP contribution in [-0.4, -0.2) is 19.1 Å². The van der Waals surface area contributed by atoms with Crippen molar-refractivity contribution >= 4 is 11.6 Å². The van der Waals surface area contributed by atoms with Crippen molar-refractivity contribution in [3.05, 3.63) is 24.3 Å². The van der Waals surface area contributed by atoms with Gasteiger partial charge in [-0.25, -0.2) is 0 Å². The number of hydrogen-bond acceptors (Lipinski definition) is 3. The molecular formula is C14H22N2O2. The first-order valence-corrected chi connectivity index (χ1v) is 6.28. The number of carbonyl (C=O) groups excluding carboxylic acids is 1. The van der Waals surface area contributed by atoms with Gasteiger partial charge >= 0.3 is 0 Å². The predicted molar refractivity (Wildman–Crippen MR) is 73.6 cm³/mol. The summed E-state index contributed by atoms with van der Waals surface area (Å²) in [6.07, 6.45) is 0. The second-order valence-corrected chi connectivity index (χ2v) is 4.69. The summed E-state index contributed by atoms with van der Waals surface area (Å²) in [7, 11) is 0. The van der Waals surface area contributed by atoms with E-state index < -0.39 is 0 Å². The minimum atomic E-state index is -0.0152. The lowest BCUT2D eigenvalue weighted by Crippen LogP contribution is -2.24. The molecule has 0 aliphatic rings. The molecule has 0 aliphatic heterocycles. The molecule has 1 aromatic carbocycles. The number of nitrogens with two attached hydrogens (primary N) is 1. The van der Waals surface area contributed by atoms with Gasteiger partial charge in [-0.05, 0) is 18.1 Å². The first kappa shape index (κ1) is 14.5. The predicted octanol–water partition coefficient (Wildman–Crippen LogP) is 2.25. The van der Waals surface area contributed by atoms with Crippen LogP contribution in [0.15, 0.2) is 24.3 Å². The summed E-state index contributed by atoms with van der Waals surface area (Å²) in [5, 5.41) is 2.89. The molecule has 1 rings (SSSR count). The van der Waals surface area contributed by atoms with Crippen molar-refractivity contribution in [1.29, 1.82) is 0 Å². The van der Waals surface area contributed by atoms with Gasteiger partial charge in [-0.1, -0.05) is 26.8 Å². The Kier molecular flexibility index (Phi) is 5.65. The molecular weight excluding hydrogens is 228 g/mol. The van der Waals surface area contributed by atoms with Crippen LogP contribution in [0.1, 0.15) is 20.8 Å². The molecule has 0 saturated carbocycles. The molecule has 0 spiro atoms. The average Bonchev–Trinajstić information content (AvgIpc) is 2.35. The Bertz CT molecular complexity index is 391. The highest BCUT2D eigenvalue weighted by Gasteiger charge is 2.16. The van der Waals surface area contributed by atoms with E-state index in [4.69, 9.17) is 10.5 Å². The van der Waals surface area contributed by atoms with Crippen molar-refractivity contribution in [1.82, 2.24) is 0 Å². The molecule has 0 saturated heterocycles. The fraction of sp³-hybridized carbons (Fsp3) is 0.500. The van der Waals surface area contributed by atoms with Crippen LogP contribution in [0.2, 0.25) is 0 Å². The average molecular weight is 250 g/mol. The van der Waals surface area contributed by atoms with E-state index in [1.54, 1.807) is 6.07 Å². The van der Waals surface area contributed by atoms with Gasteiger partial charge in [-0.15, -0.1) is 0 Å². The third-order valence-electron chi connectivity index (χ3n) is 2.90. The molecule has 18 heavy (non-hydrogen) atoms. The van der Waals surface area contributed by atoms with E-state index in [1.807, 2.05) is 39.0 Å². The third-order valence-corrected chi connectivity index (χ3v) is 2.90. The highest BCUT2D eigenvalue weighted by Crippen LogP contribution is 2.19. The van der Waals surface area contributed by atoms with E-state index in [1.165, 1.54) is 0 Å². The summed E-state index contributed by atoms with van der Waals surface area (Å²) in [5.41, 5.74) is 6.13. The van der Waals surface area contributed by atoms with Crippen molar-refractivity contribution in [2.45, 2.75) is 20.8 Å². The van der Waals surface area contributed by atoms with Gasteiger partial charge < -0.3 is 15.8 Å². The number of amides is 1. The highest BCUT2D eigenvalue weighted by molar-refractivity contribution is 5.92. The van der Waals surface area contributed by atoms with Crippen LogP contribution in [-0.2, 0) is 4.79 Å². The normalized spacial score (nSPS) is 12.3. The number of nitrogens with one attached hydrogen (secondary N) is 1. The van der Waals surface area contributed by atoms with Crippen molar-refractivity contribution in [2.24, 2.45) is 17.6 Å². The zero-order chi connectivity index (χ0) is 13.5. The smallest absolute Gasteiger partial charge is 0.227 e. The Labute approximate surface area is 109 Å². The van der Waals surface area contributed by atoms with Crippen LogP contribution in [0.5, 0.6) is 5.75 Å². The Morgan fingerprint density at radius 3 is 2.72 bits per heavy atom. The minimum Gasteiger partial charge on any atom is -0.492 e. The van der Waals surface area contributed by atoms with Crippen molar-refractivity contribution in [3.63, 3.8) is 0 Å². The zero-order valence-electron chi connectivity index (χ0n) is 11.3. The van der Waals surface area contributed by atoms with E-state index >= 15 is 0 Å². The lowest BCUT2D eigenvalue weighted by atomic mass is 9.97. The number of carbonyl (C=O) groups is 1. The summed E-state index contributed by atoms with van der Waals surface area (Å²) in [5.74, 6) is 1.05. The van der Waals surface area contributed by atoms with Gasteiger partial charge in [-0.3, -0.25) is 4.79 Å². The van der Waals surface area contributed by atoms with Gasteiger partial charge in [0.05, 0.1) is 0 Å². The molecule has 1 amide bonds. The van der Waals surface area contributed by atoms with Gasteiger partial charge in [0, 0.05) is 24.2 Å². The molecule has 0 aliphatic carbocycles. The Hall–Kier alpha value is -1.55. The van der Waals surface area contributed by atoms with E-state index in [0.29, 0.717) is 19.1 Å². The lowest BCUT2D eigenvalue weighted by Gasteiger charge is -2.15. The van der Waals surface area contributed by atoms with Gasteiger partial charge in [0.1, 0.15) is 12.4 Å². The second kappa shape index (κ2) is 7.01. The minimum absolute atomic E-state index is 0.0152. The Balaban J connectivity index is 2.64. The number of anilines is 1. The molecule has 1 unspecified atom stereocenters. The molecule has 3 N–H and O–H groups in total. The molecule has 4 heteroatoms. The van der Waals surface area contributed by atoms with Gasteiger partial charge in [-0.2, -0.15) is 0 Å². The summed E-state index contributed by atoms with van der Waals surface area (Å²) >= 11 is 0. The fourth-order valence-corrected chi connectivity index (χ4v) is 1.40. The van der Waals surface area contributed by atoms with Crippen molar-refractivity contribution < 1.29 is 9.53 Å². The molecule has 4 nitrogen and oxygen atoms in total. The molecule has 0 bridgehead atoms. The van der Waals surface area contributed by atoms with Crippen LogP contribution >= 0.6 is 0 Å². The maximum atomic E-state index is 11.9. The van der Waals surface area contributed by atoms with Crippen LogP contribution in [0.4, 0.5) is 5.69 Å². The molecule has 0 aromatic heterocycles. The Morgan fingerprint density at radius 2 is 2.11 bits per heavy atom. The molecule has 0 fully saturated rings. The molecule has 1 atom stereocenters. The van der Waals surface area contributed by atoms with Crippen LogP contribution in [0.25, 0.3) is 0 Å². The van der Waals surface area contributed by atoms with Crippen molar-refractivity contribution in [2.75, 3.05) is 18.5 Å². The lowest BCUT2D eigenvalue weighted by molar-refractivity contribution is -0.120. The summed E-state index contributed by atoms with van der Waals surface area (Å²) in [6, 6.07) is 7.35. The molecule has 0 heterocycles. The zero-order valence-corrected chi connectivity index (χ0v) is 11.3. The van der Waals surface area contributed by atoms with Gasteiger partial charge in [0.2, 0.25) is 5.91 Å². The SMILES string of the molecule is CC(C)C(C)C(=O)Nc1cccc(OCCN)c1. The third kappa shape index (κ3) is 4.37. The topological polar surface area (TPSA) is 64.3 Å². The molecule has 0 radical (unpaired) electrons. The second-order valence-electron chi connectivity index (χ2n) is 4.69. The number of benzene rings is 1. The first-order valence-electron chi connectivity index (χ1n) is 6.28. The van der Waals surface area contributed by atoms with Crippen LogP contribution in [0, 0.1) is 11.8 Å².